The molecular formula is C21H21FN4OS2. The molecule has 5 nitrogen and oxygen atoms in total. The number of fused-ring (bicyclic) bond motifs is 1. The van der Waals surface area contributed by atoms with E-state index in [0.717, 1.165) is 32.2 Å². The molecule has 1 N–H and O–H groups in total. The maximum absolute atomic E-state index is 13.1. The Labute approximate surface area is 176 Å². The van der Waals surface area contributed by atoms with Gasteiger partial charge in [0, 0.05) is 16.7 Å². The lowest BCUT2D eigenvalue weighted by molar-refractivity contribution is 0.0954. The van der Waals surface area contributed by atoms with E-state index in [1.807, 2.05) is 23.1 Å². The number of nitrogens with zero attached hydrogens (tertiary/aromatic N) is 3. The van der Waals surface area contributed by atoms with Gasteiger partial charge in [0.05, 0.1) is 34.4 Å². The monoisotopic (exact) mass is 428 g/mol. The van der Waals surface area contributed by atoms with Gasteiger partial charge in [0.2, 0.25) is 0 Å². The molecule has 0 aliphatic heterocycles. The summed E-state index contributed by atoms with van der Waals surface area (Å²) in [4.78, 5) is 18.8. The molecule has 0 fully saturated rings. The number of rotatable bonds is 6. The molecule has 150 valence electrons. The zero-order chi connectivity index (χ0) is 20.5. The van der Waals surface area contributed by atoms with Gasteiger partial charge in [0.1, 0.15) is 10.6 Å². The largest absolute Gasteiger partial charge is 0.346 e. The van der Waals surface area contributed by atoms with Crippen LogP contribution < -0.4 is 5.32 Å². The Morgan fingerprint density at radius 1 is 1.28 bits per heavy atom. The second kappa shape index (κ2) is 8.04. The fourth-order valence-electron chi connectivity index (χ4n) is 3.02. The molecule has 0 aliphatic rings. The van der Waals surface area contributed by atoms with Crippen LogP contribution in [-0.2, 0) is 13.1 Å². The first-order valence-electron chi connectivity index (χ1n) is 9.34. The SMILES string of the molecule is Cc1nn(Cc2ccc(F)cc2)c2sc(C(=O)NCc3csc(C(C)C)n3)cc12. The molecule has 0 saturated heterocycles. The Bertz CT molecular complexity index is 1160. The van der Waals surface area contributed by atoms with E-state index in [0.29, 0.717) is 23.9 Å². The number of aromatic nitrogens is 3. The molecule has 0 unspecified atom stereocenters. The van der Waals surface area contributed by atoms with E-state index in [2.05, 4.69) is 29.2 Å². The predicted molar refractivity (Wildman–Crippen MR) is 115 cm³/mol. The first kappa shape index (κ1) is 19.7. The van der Waals surface area contributed by atoms with E-state index in [-0.39, 0.29) is 11.7 Å². The third-order valence-corrected chi connectivity index (χ3v) is 6.91. The summed E-state index contributed by atoms with van der Waals surface area (Å²) < 4.78 is 15.0. The highest BCUT2D eigenvalue weighted by atomic mass is 32.1. The smallest absolute Gasteiger partial charge is 0.261 e. The number of benzene rings is 1. The molecule has 29 heavy (non-hydrogen) atoms. The van der Waals surface area contributed by atoms with Crippen molar-refractivity contribution in [3.63, 3.8) is 0 Å². The number of thiazole rings is 1. The molecule has 3 aromatic heterocycles. The molecule has 0 bridgehead atoms. The van der Waals surface area contributed by atoms with Gasteiger partial charge >= 0.3 is 0 Å². The van der Waals surface area contributed by atoms with Crippen molar-refractivity contribution in [2.75, 3.05) is 0 Å². The van der Waals surface area contributed by atoms with Gasteiger partial charge in [-0.1, -0.05) is 26.0 Å². The second-order valence-corrected chi connectivity index (χ2v) is 9.13. The van der Waals surface area contributed by atoms with Crippen molar-refractivity contribution in [2.45, 2.75) is 39.8 Å². The van der Waals surface area contributed by atoms with Crippen molar-refractivity contribution < 1.29 is 9.18 Å². The van der Waals surface area contributed by atoms with Crippen LogP contribution in [0.1, 0.15) is 51.4 Å². The van der Waals surface area contributed by atoms with Crippen molar-refractivity contribution in [1.29, 1.82) is 0 Å². The summed E-state index contributed by atoms with van der Waals surface area (Å²) in [5.41, 5.74) is 2.71. The van der Waals surface area contributed by atoms with Gasteiger partial charge in [-0.2, -0.15) is 5.10 Å². The molecule has 0 atom stereocenters. The van der Waals surface area contributed by atoms with Gasteiger partial charge in [0.15, 0.2) is 0 Å². The molecule has 0 spiro atoms. The summed E-state index contributed by atoms with van der Waals surface area (Å²) in [7, 11) is 0. The molecule has 0 aliphatic carbocycles. The number of thiophene rings is 1. The highest BCUT2D eigenvalue weighted by Crippen LogP contribution is 2.29. The molecule has 0 saturated carbocycles. The van der Waals surface area contributed by atoms with E-state index >= 15 is 0 Å². The van der Waals surface area contributed by atoms with Crippen molar-refractivity contribution in [1.82, 2.24) is 20.1 Å². The number of hydrogen-bond acceptors (Lipinski definition) is 5. The molecular weight excluding hydrogens is 407 g/mol. The zero-order valence-corrected chi connectivity index (χ0v) is 18.0. The van der Waals surface area contributed by atoms with Crippen LogP contribution in [0.2, 0.25) is 0 Å². The van der Waals surface area contributed by atoms with Crippen LogP contribution in [0.3, 0.4) is 0 Å². The first-order valence-corrected chi connectivity index (χ1v) is 11.0. The van der Waals surface area contributed by atoms with Gasteiger partial charge < -0.3 is 5.32 Å². The summed E-state index contributed by atoms with van der Waals surface area (Å²) in [5.74, 6) is 0.0170. The summed E-state index contributed by atoms with van der Waals surface area (Å²) in [6.07, 6.45) is 0. The average Bonchev–Trinajstić information content (AvgIpc) is 3.40. The van der Waals surface area contributed by atoms with Crippen LogP contribution in [0.4, 0.5) is 4.39 Å². The summed E-state index contributed by atoms with van der Waals surface area (Å²) in [6.45, 7) is 7.09. The quantitative estimate of drug-likeness (QED) is 0.465. The topological polar surface area (TPSA) is 59.8 Å². The highest BCUT2D eigenvalue weighted by Gasteiger charge is 2.17. The minimum atomic E-state index is -0.258. The zero-order valence-electron chi connectivity index (χ0n) is 16.4. The highest BCUT2D eigenvalue weighted by molar-refractivity contribution is 7.20. The van der Waals surface area contributed by atoms with Crippen LogP contribution in [0.15, 0.2) is 35.7 Å². The summed E-state index contributed by atoms with van der Waals surface area (Å²) in [5, 5.41) is 11.6. The van der Waals surface area contributed by atoms with Crippen LogP contribution in [0.5, 0.6) is 0 Å². The van der Waals surface area contributed by atoms with E-state index in [4.69, 9.17) is 0 Å². The lowest BCUT2D eigenvalue weighted by Gasteiger charge is -2.03. The first-order chi connectivity index (χ1) is 13.9. The molecule has 4 aromatic rings. The van der Waals surface area contributed by atoms with Crippen LogP contribution in [-0.4, -0.2) is 20.7 Å². The Balaban J connectivity index is 1.50. The van der Waals surface area contributed by atoms with E-state index in [9.17, 15) is 9.18 Å². The van der Waals surface area contributed by atoms with E-state index in [1.54, 1.807) is 23.5 Å². The van der Waals surface area contributed by atoms with Gasteiger partial charge in [-0.3, -0.25) is 9.48 Å². The third kappa shape index (κ3) is 4.23. The standard InChI is InChI=1S/C21H21FN4OS2/c1-12(2)20-24-16(11-28-20)9-23-19(27)18-8-17-13(3)25-26(21(17)29-18)10-14-4-6-15(22)7-5-14/h4-8,11-12H,9-10H2,1-3H3,(H,23,27). The summed E-state index contributed by atoms with van der Waals surface area (Å²) in [6, 6.07) is 8.27. The second-order valence-electron chi connectivity index (χ2n) is 7.21. The van der Waals surface area contributed by atoms with Crippen molar-refractivity contribution in [3.05, 3.63) is 68.4 Å². The van der Waals surface area contributed by atoms with Gasteiger partial charge in [-0.15, -0.1) is 22.7 Å². The van der Waals surface area contributed by atoms with E-state index in [1.165, 1.54) is 23.5 Å². The number of aryl methyl sites for hydroxylation is 1. The number of halogens is 1. The Kier molecular flexibility index (Phi) is 5.47. The molecule has 3 heterocycles. The Morgan fingerprint density at radius 2 is 2.03 bits per heavy atom. The fourth-order valence-corrected chi connectivity index (χ4v) is 4.93. The van der Waals surface area contributed by atoms with Crippen molar-refractivity contribution in [3.8, 4) is 0 Å². The van der Waals surface area contributed by atoms with Crippen LogP contribution >= 0.6 is 22.7 Å². The number of hydrogen-bond donors (Lipinski definition) is 1. The van der Waals surface area contributed by atoms with Crippen molar-refractivity contribution >= 4 is 38.8 Å². The number of amides is 1. The molecule has 4 rings (SSSR count). The third-order valence-electron chi connectivity index (χ3n) is 4.57. The number of nitrogens with one attached hydrogen (secondary N) is 1. The Hall–Kier alpha value is -2.58. The average molecular weight is 429 g/mol. The minimum Gasteiger partial charge on any atom is -0.346 e. The summed E-state index contributed by atoms with van der Waals surface area (Å²) >= 11 is 3.04. The number of carbonyl (C=O) groups is 1. The normalized spacial score (nSPS) is 11.5. The lowest BCUT2D eigenvalue weighted by atomic mass is 10.2. The minimum absolute atomic E-state index is 0.113. The van der Waals surface area contributed by atoms with E-state index < -0.39 is 0 Å². The van der Waals surface area contributed by atoms with Gasteiger partial charge in [0.25, 0.3) is 5.91 Å². The van der Waals surface area contributed by atoms with Crippen LogP contribution in [0, 0.1) is 12.7 Å². The number of carbonyl (C=O) groups excluding carboxylic acids is 1. The maximum Gasteiger partial charge on any atom is 0.261 e. The van der Waals surface area contributed by atoms with Crippen LogP contribution in [0.25, 0.3) is 10.2 Å². The Morgan fingerprint density at radius 3 is 2.72 bits per heavy atom. The fraction of sp³-hybridized carbons (Fsp3) is 0.286. The molecule has 1 amide bonds. The predicted octanol–water partition coefficient (Wildman–Crippen LogP) is 5.10. The molecule has 8 heteroatoms. The lowest BCUT2D eigenvalue weighted by Crippen LogP contribution is -2.22. The van der Waals surface area contributed by atoms with Gasteiger partial charge in [-0.25, -0.2) is 9.37 Å². The maximum atomic E-state index is 13.1. The molecule has 1 aromatic carbocycles. The van der Waals surface area contributed by atoms with Crippen molar-refractivity contribution in [2.24, 2.45) is 0 Å². The molecule has 0 radical (unpaired) electrons. The van der Waals surface area contributed by atoms with Gasteiger partial charge in [-0.05, 0) is 30.7 Å².